The normalized spacial score (nSPS) is 9.00. The number of nitrogens with one attached hydrogen (secondary N) is 1. The molecule has 0 aliphatic carbocycles. The highest BCUT2D eigenvalue weighted by atomic mass is 28.1. The summed E-state index contributed by atoms with van der Waals surface area (Å²) in [6.07, 6.45) is 2.49. The molecule has 0 saturated carbocycles. The third-order valence-corrected chi connectivity index (χ3v) is 1.11. The molecule has 0 aliphatic rings. The number of hydrogen-bond donors (Lipinski definition) is 1. The Kier molecular flexibility index (Phi) is 2.27. The van der Waals surface area contributed by atoms with Crippen LogP contribution in [0.1, 0.15) is 0 Å². The monoisotopic (exact) mass is 135 g/mol. The molecular formula is C6H7N2Si. The van der Waals surface area contributed by atoms with Gasteiger partial charge >= 0.3 is 0 Å². The van der Waals surface area contributed by atoms with Crippen LogP contribution in [0, 0.1) is 0 Å². The Balaban J connectivity index is 2.61. The summed E-state index contributed by atoms with van der Waals surface area (Å²) in [5.74, 6) is 0.896. The largest absolute Gasteiger partial charge is 0.374 e. The molecule has 0 bridgehead atoms. The number of rotatable bonds is 2. The van der Waals surface area contributed by atoms with Gasteiger partial charge in [0.05, 0.1) is 10.2 Å². The zero-order valence-electron chi connectivity index (χ0n) is 4.96. The molecular weight excluding hydrogens is 128 g/mol. The van der Waals surface area contributed by atoms with Gasteiger partial charge in [-0.25, -0.2) is 4.98 Å². The lowest BCUT2D eigenvalue weighted by atomic mass is 10.5. The van der Waals surface area contributed by atoms with Crippen molar-refractivity contribution >= 4 is 16.1 Å². The maximum atomic E-state index is 4.03. The predicted octanol–water partition coefficient (Wildman–Crippen LogP) is 0.619. The van der Waals surface area contributed by atoms with Crippen molar-refractivity contribution in [3.05, 3.63) is 24.4 Å². The molecule has 0 unspecified atom stereocenters. The standard InChI is InChI=1S/C6H7N2Si/c9-5-8-6-3-1-2-4-7-6/h1-4H,5H2,(H,7,8). The Bertz CT molecular complexity index is 164. The average molecular weight is 135 g/mol. The maximum absolute atomic E-state index is 4.03. The van der Waals surface area contributed by atoms with Crippen LogP contribution in [0.5, 0.6) is 0 Å². The SMILES string of the molecule is [Si]CNc1ccccn1. The minimum absolute atomic E-state index is 0.733. The summed E-state index contributed by atoms with van der Waals surface area (Å²) >= 11 is 0. The summed E-state index contributed by atoms with van der Waals surface area (Å²) in [5.41, 5.74) is 0. The van der Waals surface area contributed by atoms with Crippen LogP contribution in [-0.2, 0) is 0 Å². The van der Waals surface area contributed by atoms with Crippen LogP contribution in [0.4, 0.5) is 5.82 Å². The van der Waals surface area contributed by atoms with E-state index in [2.05, 4.69) is 20.5 Å². The van der Waals surface area contributed by atoms with Crippen molar-refractivity contribution in [2.24, 2.45) is 0 Å². The Morgan fingerprint density at radius 1 is 1.56 bits per heavy atom. The van der Waals surface area contributed by atoms with Crippen molar-refractivity contribution in [3.8, 4) is 0 Å². The second-order valence-corrected chi connectivity index (χ2v) is 1.92. The molecule has 0 fully saturated rings. The highest BCUT2D eigenvalue weighted by Crippen LogP contribution is 1.96. The van der Waals surface area contributed by atoms with Crippen molar-refractivity contribution in [1.82, 2.24) is 4.98 Å². The van der Waals surface area contributed by atoms with E-state index in [9.17, 15) is 0 Å². The van der Waals surface area contributed by atoms with E-state index >= 15 is 0 Å². The third kappa shape index (κ3) is 1.85. The van der Waals surface area contributed by atoms with Crippen molar-refractivity contribution in [2.75, 3.05) is 11.5 Å². The summed E-state index contributed by atoms with van der Waals surface area (Å²) in [7, 11) is 3.28. The highest BCUT2D eigenvalue weighted by Gasteiger charge is 1.83. The van der Waals surface area contributed by atoms with Gasteiger partial charge in [-0.05, 0) is 12.1 Å². The highest BCUT2D eigenvalue weighted by molar-refractivity contribution is 6.10. The van der Waals surface area contributed by atoms with Crippen LogP contribution < -0.4 is 5.32 Å². The Morgan fingerprint density at radius 2 is 2.44 bits per heavy atom. The second kappa shape index (κ2) is 3.24. The molecule has 0 amide bonds. The summed E-state index contributed by atoms with van der Waals surface area (Å²) in [4.78, 5) is 4.03. The van der Waals surface area contributed by atoms with E-state index in [-0.39, 0.29) is 0 Å². The van der Waals surface area contributed by atoms with Gasteiger partial charge < -0.3 is 5.32 Å². The lowest BCUT2D eigenvalue weighted by molar-refractivity contribution is 1.27. The van der Waals surface area contributed by atoms with Gasteiger partial charge in [-0.1, -0.05) is 6.07 Å². The van der Waals surface area contributed by atoms with Gasteiger partial charge in [0.25, 0.3) is 0 Å². The summed E-state index contributed by atoms with van der Waals surface area (Å²) < 4.78 is 0. The molecule has 3 heteroatoms. The van der Waals surface area contributed by atoms with Gasteiger partial charge in [-0.15, -0.1) is 0 Å². The van der Waals surface area contributed by atoms with E-state index in [1.54, 1.807) is 6.20 Å². The molecule has 1 N–H and O–H groups in total. The Morgan fingerprint density at radius 3 is 3.00 bits per heavy atom. The van der Waals surface area contributed by atoms with E-state index in [0.29, 0.717) is 0 Å². The molecule has 1 aromatic rings. The van der Waals surface area contributed by atoms with E-state index in [4.69, 9.17) is 0 Å². The zero-order chi connectivity index (χ0) is 6.53. The first-order valence-electron chi connectivity index (χ1n) is 2.73. The van der Waals surface area contributed by atoms with E-state index in [0.717, 1.165) is 12.0 Å². The Hall–Kier alpha value is -0.833. The van der Waals surface area contributed by atoms with Gasteiger partial charge in [-0.2, -0.15) is 0 Å². The number of nitrogens with zero attached hydrogens (tertiary/aromatic N) is 1. The average Bonchev–Trinajstić information content (AvgIpc) is 1.91. The van der Waals surface area contributed by atoms with E-state index < -0.39 is 0 Å². The van der Waals surface area contributed by atoms with Gasteiger partial charge in [0.15, 0.2) is 0 Å². The molecule has 1 rings (SSSR count). The fourth-order valence-electron chi connectivity index (χ4n) is 0.558. The number of hydrogen-bond acceptors (Lipinski definition) is 2. The first-order valence-corrected chi connectivity index (χ1v) is 3.43. The van der Waals surface area contributed by atoms with Crippen LogP contribution in [0.3, 0.4) is 0 Å². The maximum Gasteiger partial charge on any atom is 0.125 e. The summed E-state index contributed by atoms with van der Waals surface area (Å²) in [6.45, 7) is 0. The number of pyridine rings is 1. The smallest absolute Gasteiger partial charge is 0.125 e. The molecule has 9 heavy (non-hydrogen) atoms. The van der Waals surface area contributed by atoms with Crippen LogP contribution in [0.2, 0.25) is 0 Å². The fourth-order valence-corrected chi connectivity index (χ4v) is 0.739. The van der Waals surface area contributed by atoms with Crippen LogP contribution >= 0.6 is 0 Å². The molecule has 2 nitrogen and oxygen atoms in total. The molecule has 1 aromatic heterocycles. The molecule has 0 aliphatic heterocycles. The molecule has 0 saturated heterocycles. The van der Waals surface area contributed by atoms with Gasteiger partial charge in [0, 0.05) is 12.4 Å². The number of anilines is 1. The lowest BCUT2D eigenvalue weighted by Crippen LogP contribution is -2.00. The van der Waals surface area contributed by atoms with Crippen molar-refractivity contribution in [1.29, 1.82) is 0 Å². The van der Waals surface area contributed by atoms with Crippen molar-refractivity contribution in [3.63, 3.8) is 0 Å². The lowest BCUT2D eigenvalue weighted by Gasteiger charge is -1.97. The Labute approximate surface area is 57.7 Å². The van der Waals surface area contributed by atoms with Gasteiger partial charge in [-0.3, -0.25) is 0 Å². The van der Waals surface area contributed by atoms with E-state index in [1.807, 2.05) is 18.2 Å². The fraction of sp³-hybridized carbons (Fsp3) is 0.167. The minimum Gasteiger partial charge on any atom is -0.374 e. The minimum atomic E-state index is 0.733. The molecule has 0 atom stereocenters. The molecule has 3 radical (unpaired) electrons. The molecule has 0 spiro atoms. The quantitative estimate of drug-likeness (QED) is 0.601. The van der Waals surface area contributed by atoms with Crippen LogP contribution in [0.25, 0.3) is 0 Å². The van der Waals surface area contributed by atoms with Gasteiger partial charge in [0.1, 0.15) is 5.82 Å². The molecule has 1 heterocycles. The van der Waals surface area contributed by atoms with Crippen LogP contribution in [-0.4, -0.2) is 21.4 Å². The van der Waals surface area contributed by atoms with Gasteiger partial charge in [0.2, 0.25) is 0 Å². The zero-order valence-corrected chi connectivity index (χ0v) is 5.96. The topological polar surface area (TPSA) is 24.9 Å². The van der Waals surface area contributed by atoms with Crippen molar-refractivity contribution in [2.45, 2.75) is 0 Å². The second-order valence-electron chi connectivity index (χ2n) is 1.57. The first kappa shape index (κ1) is 6.29. The summed E-state index contributed by atoms with van der Waals surface area (Å²) in [5, 5.41) is 3.01. The third-order valence-electron chi connectivity index (χ3n) is 0.934. The first-order chi connectivity index (χ1) is 4.43. The van der Waals surface area contributed by atoms with E-state index in [1.165, 1.54) is 0 Å². The molecule has 0 aromatic carbocycles. The number of aromatic nitrogens is 1. The molecule has 45 valence electrons. The predicted molar refractivity (Wildman–Crippen MR) is 38.5 cm³/mol. The van der Waals surface area contributed by atoms with Crippen LogP contribution in [0.15, 0.2) is 24.4 Å². The summed E-state index contributed by atoms with van der Waals surface area (Å²) in [6, 6.07) is 5.75. The van der Waals surface area contributed by atoms with Crippen molar-refractivity contribution < 1.29 is 0 Å².